The van der Waals surface area contributed by atoms with Crippen LogP contribution in [0.2, 0.25) is 0 Å². The van der Waals surface area contributed by atoms with Crippen molar-refractivity contribution in [2.24, 2.45) is 0 Å². The van der Waals surface area contributed by atoms with Crippen LogP contribution in [0.15, 0.2) is 59.2 Å². The molecule has 20 heavy (non-hydrogen) atoms. The van der Waals surface area contributed by atoms with Gasteiger partial charge in [-0.25, -0.2) is 0 Å². The Bertz CT molecular complexity index is 775. The SMILES string of the molecule is OC(c1cnc2ccccc2c1)c1cc(I)ccc1Br. The minimum absolute atomic E-state index is 0.684. The first kappa shape index (κ1) is 14.0. The highest BCUT2D eigenvalue weighted by Gasteiger charge is 2.15. The highest BCUT2D eigenvalue weighted by molar-refractivity contribution is 14.1. The first-order valence-corrected chi connectivity index (χ1v) is 8.00. The van der Waals surface area contributed by atoms with Gasteiger partial charge in [0.1, 0.15) is 6.10 Å². The lowest BCUT2D eigenvalue weighted by Crippen LogP contribution is -2.02. The summed E-state index contributed by atoms with van der Waals surface area (Å²) in [4.78, 5) is 4.40. The van der Waals surface area contributed by atoms with Crippen LogP contribution in [0.3, 0.4) is 0 Å². The van der Waals surface area contributed by atoms with Gasteiger partial charge in [0.05, 0.1) is 5.52 Å². The van der Waals surface area contributed by atoms with E-state index >= 15 is 0 Å². The van der Waals surface area contributed by atoms with Crippen molar-refractivity contribution in [1.29, 1.82) is 0 Å². The Morgan fingerprint density at radius 2 is 1.90 bits per heavy atom. The van der Waals surface area contributed by atoms with Crippen molar-refractivity contribution in [3.05, 3.63) is 73.9 Å². The van der Waals surface area contributed by atoms with E-state index in [-0.39, 0.29) is 0 Å². The molecule has 0 saturated heterocycles. The summed E-state index contributed by atoms with van der Waals surface area (Å²) < 4.78 is 1.99. The summed E-state index contributed by atoms with van der Waals surface area (Å²) >= 11 is 5.74. The molecule has 3 aromatic rings. The number of pyridine rings is 1. The zero-order valence-corrected chi connectivity index (χ0v) is 14.2. The maximum atomic E-state index is 10.6. The highest BCUT2D eigenvalue weighted by atomic mass is 127. The van der Waals surface area contributed by atoms with Gasteiger partial charge >= 0.3 is 0 Å². The summed E-state index contributed by atoms with van der Waals surface area (Å²) in [5, 5.41) is 11.6. The van der Waals surface area contributed by atoms with Crippen molar-refractivity contribution in [2.45, 2.75) is 6.10 Å². The maximum absolute atomic E-state index is 10.6. The Hall–Kier alpha value is -0.980. The number of hydrogen-bond acceptors (Lipinski definition) is 2. The topological polar surface area (TPSA) is 33.1 Å². The third-order valence-electron chi connectivity index (χ3n) is 3.18. The van der Waals surface area contributed by atoms with Crippen molar-refractivity contribution >= 4 is 49.4 Å². The summed E-state index contributed by atoms with van der Waals surface area (Å²) in [6.07, 6.45) is 1.05. The molecular weight excluding hydrogens is 429 g/mol. The fourth-order valence-corrected chi connectivity index (χ4v) is 3.12. The van der Waals surface area contributed by atoms with Crippen LogP contribution in [0.5, 0.6) is 0 Å². The summed E-state index contributed by atoms with van der Waals surface area (Å²) in [5.41, 5.74) is 2.59. The number of aliphatic hydroxyl groups excluding tert-OH is 1. The number of rotatable bonds is 2. The zero-order valence-electron chi connectivity index (χ0n) is 10.4. The second-order valence-corrected chi connectivity index (χ2v) is 6.63. The van der Waals surface area contributed by atoms with E-state index in [0.717, 1.165) is 30.1 Å². The molecule has 1 atom stereocenters. The third kappa shape index (κ3) is 2.73. The van der Waals surface area contributed by atoms with E-state index in [4.69, 9.17) is 0 Å². The average molecular weight is 440 g/mol. The highest BCUT2D eigenvalue weighted by Crippen LogP contribution is 2.30. The number of fused-ring (bicyclic) bond motifs is 1. The number of halogens is 2. The van der Waals surface area contributed by atoms with Gasteiger partial charge in [-0.1, -0.05) is 34.1 Å². The average Bonchev–Trinajstić information content (AvgIpc) is 2.48. The standard InChI is InChI=1S/C16H11BrINO/c17-14-6-5-12(18)8-13(14)16(20)11-7-10-3-1-2-4-15(10)19-9-11/h1-9,16,20H. The van der Waals surface area contributed by atoms with Gasteiger partial charge in [0.15, 0.2) is 0 Å². The molecule has 4 heteroatoms. The predicted octanol–water partition coefficient (Wildman–Crippen LogP) is 4.68. The van der Waals surface area contributed by atoms with E-state index in [0.29, 0.717) is 0 Å². The van der Waals surface area contributed by atoms with Crippen LogP contribution >= 0.6 is 38.5 Å². The predicted molar refractivity (Wildman–Crippen MR) is 92.7 cm³/mol. The first-order chi connectivity index (χ1) is 9.65. The van der Waals surface area contributed by atoms with Crippen LogP contribution in [-0.2, 0) is 0 Å². The first-order valence-electron chi connectivity index (χ1n) is 6.13. The second kappa shape index (κ2) is 5.79. The summed E-state index contributed by atoms with van der Waals surface area (Å²) in [7, 11) is 0. The monoisotopic (exact) mass is 439 g/mol. The number of aromatic nitrogens is 1. The van der Waals surface area contributed by atoms with Gasteiger partial charge in [-0.05, 0) is 52.9 Å². The van der Waals surface area contributed by atoms with E-state index in [2.05, 4.69) is 43.5 Å². The normalized spacial score (nSPS) is 12.6. The molecule has 2 aromatic carbocycles. The molecule has 3 rings (SSSR count). The van der Waals surface area contributed by atoms with Crippen molar-refractivity contribution in [2.75, 3.05) is 0 Å². The number of aliphatic hydroxyl groups is 1. The molecule has 1 unspecified atom stereocenters. The van der Waals surface area contributed by atoms with E-state index in [1.54, 1.807) is 6.20 Å². The molecule has 100 valence electrons. The molecule has 0 fully saturated rings. The molecular formula is C16H11BrINO. The molecule has 0 aliphatic heterocycles. The van der Waals surface area contributed by atoms with Gasteiger partial charge in [-0.3, -0.25) is 4.98 Å². The molecule has 1 aromatic heterocycles. The zero-order chi connectivity index (χ0) is 14.1. The lowest BCUT2D eigenvalue weighted by Gasteiger charge is -2.14. The molecule has 0 amide bonds. The van der Waals surface area contributed by atoms with Gasteiger partial charge in [0, 0.05) is 30.8 Å². The van der Waals surface area contributed by atoms with E-state index in [9.17, 15) is 5.11 Å². The van der Waals surface area contributed by atoms with Gasteiger partial charge < -0.3 is 5.11 Å². The Labute approximate surface area is 139 Å². The Kier molecular flexibility index (Phi) is 4.05. The van der Waals surface area contributed by atoms with Crippen LogP contribution < -0.4 is 0 Å². The molecule has 0 saturated carbocycles. The third-order valence-corrected chi connectivity index (χ3v) is 4.57. The summed E-state index contributed by atoms with van der Waals surface area (Å²) in [6.45, 7) is 0. The molecule has 1 N–H and O–H groups in total. The van der Waals surface area contributed by atoms with Crippen LogP contribution in [0.1, 0.15) is 17.2 Å². The molecule has 0 aliphatic carbocycles. The van der Waals surface area contributed by atoms with Gasteiger partial charge in [0.25, 0.3) is 0 Å². The van der Waals surface area contributed by atoms with Crippen molar-refractivity contribution < 1.29 is 5.11 Å². The van der Waals surface area contributed by atoms with Gasteiger partial charge in [-0.2, -0.15) is 0 Å². The fourth-order valence-electron chi connectivity index (χ4n) is 2.14. The van der Waals surface area contributed by atoms with Gasteiger partial charge in [-0.15, -0.1) is 0 Å². The Balaban J connectivity index is 2.07. The maximum Gasteiger partial charge on any atom is 0.107 e. The number of benzene rings is 2. The number of nitrogens with zero attached hydrogens (tertiary/aromatic N) is 1. The molecule has 0 spiro atoms. The van der Waals surface area contributed by atoms with Crippen molar-refractivity contribution in [3.8, 4) is 0 Å². The minimum Gasteiger partial charge on any atom is -0.384 e. The van der Waals surface area contributed by atoms with Crippen LogP contribution in [-0.4, -0.2) is 10.1 Å². The van der Waals surface area contributed by atoms with E-state index in [1.807, 2.05) is 48.5 Å². The minimum atomic E-state index is -0.684. The van der Waals surface area contributed by atoms with Crippen molar-refractivity contribution in [3.63, 3.8) is 0 Å². The smallest absolute Gasteiger partial charge is 0.107 e. The second-order valence-electron chi connectivity index (χ2n) is 4.53. The lowest BCUT2D eigenvalue weighted by molar-refractivity contribution is 0.219. The molecule has 0 radical (unpaired) electrons. The molecule has 2 nitrogen and oxygen atoms in total. The number of hydrogen-bond donors (Lipinski definition) is 1. The summed E-state index contributed by atoms with van der Waals surface area (Å²) in [5.74, 6) is 0. The Morgan fingerprint density at radius 3 is 2.75 bits per heavy atom. The molecule has 1 heterocycles. The van der Waals surface area contributed by atoms with E-state index < -0.39 is 6.10 Å². The van der Waals surface area contributed by atoms with Gasteiger partial charge in [0.2, 0.25) is 0 Å². The Morgan fingerprint density at radius 1 is 1.10 bits per heavy atom. The number of para-hydroxylation sites is 1. The fraction of sp³-hybridized carbons (Fsp3) is 0.0625. The van der Waals surface area contributed by atoms with Crippen LogP contribution in [0.4, 0.5) is 0 Å². The van der Waals surface area contributed by atoms with Crippen LogP contribution in [0, 0.1) is 3.57 Å². The quantitative estimate of drug-likeness (QED) is 0.588. The van der Waals surface area contributed by atoms with Crippen molar-refractivity contribution in [1.82, 2.24) is 4.98 Å². The largest absolute Gasteiger partial charge is 0.384 e. The van der Waals surface area contributed by atoms with E-state index in [1.165, 1.54) is 0 Å². The molecule has 0 aliphatic rings. The summed E-state index contributed by atoms with van der Waals surface area (Å²) in [6, 6.07) is 15.8. The lowest BCUT2D eigenvalue weighted by atomic mass is 10.0. The molecule has 0 bridgehead atoms. The van der Waals surface area contributed by atoms with Crippen LogP contribution in [0.25, 0.3) is 10.9 Å².